The third-order valence-corrected chi connectivity index (χ3v) is 3.23. The zero-order valence-corrected chi connectivity index (χ0v) is 10.8. The van der Waals surface area contributed by atoms with Gasteiger partial charge in [-0.05, 0) is 34.0 Å². The number of thiophene rings is 1. The Labute approximate surface area is 114 Å². The standard InChI is InChI=1S/C14H11NO3S/c16-14(9-12-6-7-19-10-12)5-4-11-2-1-3-13(8-11)15(17)18/h1-8,10H,9H2. The van der Waals surface area contributed by atoms with Crippen molar-refractivity contribution >= 4 is 28.9 Å². The maximum Gasteiger partial charge on any atom is 0.270 e. The van der Waals surface area contributed by atoms with Gasteiger partial charge in [-0.15, -0.1) is 0 Å². The second-order valence-electron chi connectivity index (χ2n) is 3.96. The normalized spacial score (nSPS) is 10.7. The van der Waals surface area contributed by atoms with Gasteiger partial charge in [-0.25, -0.2) is 0 Å². The van der Waals surface area contributed by atoms with Crippen molar-refractivity contribution < 1.29 is 9.72 Å². The summed E-state index contributed by atoms with van der Waals surface area (Å²) in [5.74, 6) is -0.0232. The van der Waals surface area contributed by atoms with Gasteiger partial charge in [0, 0.05) is 18.6 Å². The number of ketones is 1. The molecule has 0 aliphatic rings. The number of hydrogen-bond donors (Lipinski definition) is 0. The quantitative estimate of drug-likeness (QED) is 0.476. The Kier molecular flexibility index (Phi) is 4.20. The number of non-ortho nitro benzene ring substituents is 1. The van der Waals surface area contributed by atoms with E-state index in [1.165, 1.54) is 18.2 Å². The Bertz CT molecular complexity index is 617. The van der Waals surface area contributed by atoms with Crippen molar-refractivity contribution in [3.8, 4) is 0 Å². The molecule has 0 amide bonds. The molecular formula is C14H11NO3S. The molecule has 0 aliphatic heterocycles. The molecule has 0 unspecified atom stereocenters. The molecule has 0 saturated heterocycles. The first-order valence-electron chi connectivity index (χ1n) is 5.61. The minimum atomic E-state index is -0.454. The molecule has 0 atom stereocenters. The molecule has 1 heterocycles. The summed E-state index contributed by atoms with van der Waals surface area (Å²) in [4.78, 5) is 21.9. The molecule has 1 aromatic heterocycles. The number of benzene rings is 1. The predicted molar refractivity (Wildman–Crippen MR) is 75.2 cm³/mol. The first kappa shape index (κ1) is 13.2. The molecule has 4 nitrogen and oxygen atoms in total. The molecule has 2 rings (SSSR count). The first-order chi connectivity index (χ1) is 9.15. The molecule has 0 saturated carbocycles. The van der Waals surface area contributed by atoms with Crippen molar-refractivity contribution in [2.24, 2.45) is 0 Å². The average Bonchev–Trinajstić information content (AvgIpc) is 2.89. The van der Waals surface area contributed by atoms with Gasteiger partial charge in [0.25, 0.3) is 5.69 Å². The Morgan fingerprint density at radius 1 is 1.37 bits per heavy atom. The van der Waals surface area contributed by atoms with Gasteiger partial charge in [0.2, 0.25) is 0 Å². The van der Waals surface area contributed by atoms with E-state index in [0.717, 1.165) is 5.56 Å². The van der Waals surface area contributed by atoms with Crippen molar-refractivity contribution in [2.45, 2.75) is 6.42 Å². The monoisotopic (exact) mass is 273 g/mol. The van der Waals surface area contributed by atoms with Crippen LogP contribution in [0.4, 0.5) is 5.69 Å². The van der Waals surface area contributed by atoms with Crippen LogP contribution in [-0.2, 0) is 11.2 Å². The van der Waals surface area contributed by atoms with Crippen LogP contribution in [0.2, 0.25) is 0 Å². The third-order valence-electron chi connectivity index (χ3n) is 2.50. The van der Waals surface area contributed by atoms with Crippen LogP contribution >= 0.6 is 11.3 Å². The third kappa shape index (κ3) is 3.86. The van der Waals surface area contributed by atoms with Crippen LogP contribution in [0.1, 0.15) is 11.1 Å². The number of nitrogens with zero attached hydrogens (tertiary/aromatic N) is 1. The molecule has 0 aliphatic carbocycles. The summed E-state index contributed by atoms with van der Waals surface area (Å²) in [5.41, 5.74) is 1.65. The lowest BCUT2D eigenvalue weighted by atomic mass is 10.1. The largest absolute Gasteiger partial charge is 0.294 e. The van der Waals surface area contributed by atoms with E-state index >= 15 is 0 Å². The molecule has 1 aromatic carbocycles. The average molecular weight is 273 g/mol. The molecule has 0 N–H and O–H groups in total. The molecule has 0 fully saturated rings. The summed E-state index contributed by atoms with van der Waals surface area (Å²) < 4.78 is 0. The van der Waals surface area contributed by atoms with Crippen LogP contribution in [-0.4, -0.2) is 10.7 Å². The summed E-state index contributed by atoms with van der Waals surface area (Å²) in [6.07, 6.45) is 3.41. The first-order valence-corrected chi connectivity index (χ1v) is 6.56. The highest BCUT2D eigenvalue weighted by Crippen LogP contribution is 2.14. The summed E-state index contributed by atoms with van der Waals surface area (Å²) >= 11 is 1.55. The van der Waals surface area contributed by atoms with E-state index in [1.807, 2.05) is 16.8 Å². The maximum absolute atomic E-state index is 11.7. The number of rotatable bonds is 5. The number of nitro groups is 1. The second-order valence-corrected chi connectivity index (χ2v) is 4.74. The lowest BCUT2D eigenvalue weighted by molar-refractivity contribution is -0.384. The smallest absolute Gasteiger partial charge is 0.270 e. The zero-order chi connectivity index (χ0) is 13.7. The van der Waals surface area contributed by atoms with E-state index in [0.29, 0.717) is 12.0 Å². The number of allylic oxidation sites excluding steroid dienone is 1. The molecule has 5 heteroatoms. The minimum Gasteiger partial charge on any atom is -0.294 e. The highest BCUT2D eigenvalue weighted by atomic mass is 32.1. The van der Waals surface area contributed by atoms with Gasteiger partial charge in [0.1, 0.15) is 0 Å². The number of hydrogen-bond acceptors (Lipinski definition) is 4. The number of nitro benzene ring substituents is 1. The fourth-order valence-electron chi connectivity index (χ4n) is 1.58. The fraction of sp³-hybridized carbons (Fsp3) is 0.0714. The maximum atomic E-state index is 11.7. The molecule has 2 aromatic rings. The molecule has 0 spiro atoms. The number of carbonyl (C=O) groups is 1. The molecule has 0 radical (unpaired) electrons. The van der Waals surface area contributed by atoms with Crippen LogP contribution < -0.4 is 0 Å². The fourth-order valence-corrected chi connectivity index (χ4v) is 2.25. The SMILES string of the molecule is O=C(C=Cc1cccc([N+](=O)[O-])c1)Cc1ccsc1. The van der Waals surface area contributed by atoms with Crippen molar-refractivity contribution in [2.75, 3.05) is 0 Å². The van der Waals surface area contributed by atoms with Crippen LogP contribution in [0.5, 0.6) is 0 Å². The Balaban J connectivity index is 2.04. The van der Waals surface area contributed by atoms with Gasteiger partial charge in [-0.1, -0.05) is 18.2 Å². The van der Waals surface area contributed by atoms with Crippen LogP contribution in [0.3, 0.4) is 0 Å². The van der Waals surface area contributed by atoms with Crippen LogP contribution in [0.15, 0.2) is 47.2 Å². The highest BCUT2D eigenvalue weighted by molar-refractivity contribution is 7.08. The van der Waals surface area contributed by atoms with Gasteiger partial charge in [0.05, 0.1) is 4.92 Å². The molecule has 96 valence electrons. The topological polar surface area (TPSA) is 60.2 Å². The van der Waals surface area contributed by atoms with E-state index < -0.39 is 4.92 Å². The minimum absolute atomic E-state index is 0.0208. The van der Waals surface area contributed by atoms with E-state index in [2.05, 4.69) is 0 Å². The van der Waals surface area contributed by atoms with Crippen LogP contribution in [0, 0.1) is 10.1 Å². The highest BCUT2D eigenvalue weighted by Gasteiger charge is 2.04. The lowest BCUT2D eigenvalue weighted by Crippen LogP contribution is -1.96. The summed E-state index contributed by atoms with van der Waals surface area (Å²) in [7, 11) is 0. The van der Waals surface area contributed by atoms with E-state index in [9.17, 15) is 14.9 Å². The van der Waals surface area contributed by atoms with Gasteiger partial charge >= 0.3 is 0 Å². The van der Waals surface area contributed by atoms with Gasteiger partial charge in [0.15, 0.2) is 5.78 Å². The Morgan fingerprint density at radius 2 is 2.21 bits per heavy atom. The van der Waals surface area contributed by atoms with Crippen molar-refractivity contribution in [3.05, 3.63) is 68.4 Å². The molecule has 19 heavy (non-hydrogen) atoms. The van der Waals surface area contributed by atoms with E-state index in [1.54, 1.807) is 29.5 Å². The van der Waals surface area contributed by atoms with Crippen molar-refractivity contribution in [3.63, 3.8) is 0 Å². The Morgan fingerprint density at radius 3 is 2.89 bits per heavy atom. The molecule has 0 bridgehead atoms. The van der Waals surface area contributed by atoms with Gasteiger partial charge < -0.3 is 0 Å². The number of carbonyl (C=O) groups excluding carboxylic acids is 1. The van der Waals surface area contributed by atoms with E-state index in [4.69, 9.17) is 0 Å². The Hall–Kier alpha value is -2.27. The zero-order valence-electron chi connectivity index (χ0n) is 9.98. The van der Waals surface area contributed by atoms with Crippen LogP contribution in [0.25, 0.3) is 6.08 Å². The van der Waals surface area contributed by atoms with Crippen molar-refractivity contribution in [1.29, 1.82) is 0 Å². The van der Waals surface area contributed by atoms with Gasteiger partial charge in [-0.3, -0.25) is 14.9 Å². The predicted octanol–water partition coefficient (Wildman–Crippen LogP) is 3.48. The van der Waals surface area contributed by atoms with Crippen molar-refractivity contribution in [1.82, 2.24) is 0 Å². The summed E-state index contributed by atoms with van der Waals surface area (Å²) in [6.45, 7) is 0. The summed E-state index contributed by atoms with van der Waals surface area (Å²) in [6, 6.07) is 8.09. The van der Waals surface area contributed by atoms with E-state index in [-0.39, 0.29) is 11.5 Å². The lowest BCUT2D eigenvalue weighted by Gasteiger charge is -1.95. The second kappa shape index (κ2) is 6.06. The summed E-state index contributed by atoms with van der Waals surface area (Å²) in [5, 5.41) is 14.5. The van der Waals surface area contributed by atoms with Gasteiger partial charge in [-0.2, -0.15) is 11.3 Å². The molecular weight excluding hydrogens is 262 g/mol.